The van der Waals surface area contributed by atoms with Gasteiger partial charge in [-0.3, -0.25) is 5.10 Å². The van der Waals surface area contributed by atoms with E-state index in [-0.39, 0.29) is 5.41 Å². The van der Waals surface area contributed by atoms with E-state index in [1.807, 2.05) is 0 Å². The average Bonchev–Trinajstić information content (AvgIpc) is 2.39. The van der Waals surface area contributed by atoms with Gasteiger partial charge in [-0.25, -0.2) is 4.98 Å². The van der Waals surface area contributed by atoms with E-state index in [0.717, 1.165) is 25.1 Å². The van der Waals surface area contributed by atoms with E-state index in [2.05, 4.69) is 21.3 Å². The maximum atomic E-state index is 8.87. The van der Waals surface area contributed by atoms with E-state index in [1.165, 1.54) is 6.33 Å². The molecule has 1 heterocycles. The summed E-state index contributed by atoms with van der Waals surface area (Å²) in [7, 11) is 0. The second kappa shape index (κ2) is 2.06. The van der Waals surface area contributed by atoms with Gasteiger partial charge in [-0.1, -0.05) is 0 Å². The van der Waals surface area contributed by atoms with Crippen molar-refractivity contribution in [3.8, 4) is 6.07 Å². The third-order valence-electron chi connectivity index (χ3n) is 2.29. The lowest BCUT2D eigenvalue weighted by atomic mass is 9.69. The van der Waals surface area contributed by atoms with E-state index in [9.17, 15) is 0 Å². The van der Waals surface area contributed by atoms with Gasteiger partial charge in [0.15, 0.2) is 0 Å². The summed E-state index contributed by atoms with van der Waals surface area (Å²) in [5.74, 6) is 0.728. The molecule has 0 spiro atoms. The number of hydrogen-bond acceptors (Lipinski definition) is 3. The van der Waals surface area contributed by atoms with Crippen LogP contribution in [-0.2, 0) is 5.41 Å². The van der Waals surface area contributed by atoms with Crippen molar-refractivity contribution in [3.63, 3.8) is 0 Å². The molecule has 0 radical (unpaired) electrons. The summed E-state index contributed by atoms with van der Waals surface area (Å²) in [6.45, 7) is 0. The minimum atomic E-state index is -0.337. The summed E-state index contributed by atoms with van der Waals surface area (Å²) in [6.07, 6.45) is 4.40. The van der Waals surface area contributed by atoms with Gasteiger partial charge >= 0.3 is 0 Å². The molecule has 0 aliphatic heterocycles. The van der Waals surface area contributed by atoms with Crippen LogP contribution in [0.3, 0.4) is 0 Å². The molecule has 1 saturated carbocycles. The van der Waals surface area contributed by atoms with Gasteiger partial charge in [-0.05, 0) is 19.3 Å². The molecule has 1 aromatic heterocycles. The molecular formula is C7H8N4. The van der Waals surface area contributed by atoms with Gasteiger partial charge in [0.05, 0.1) is 6.07 Å². The first-order valence-electron chi connectivity index (χ1n) is 3.64. The highest BCUT2D eigenvalue weighted by Gasteiger charge is 2.41. The van der Waals surface area contributed by atoms with Crippen molar-refractivity contribution >= 4 is 0 Å². The molecule has 11 heavy (non-hydrogen) atoms. The van der Waals surface area contributed by atoms with E-state index in [0.29, 0.717) is 0 Å². The Morgan fingerprint density at radius 1 is 1.64 bits per heavy atom. The van der Waals surface area contributed by atoms with Crippen LogP contribution >= 0.6 is 0 Å². The molecule has 4 heteroatoms. The number of nitrogens with one attached hydrogen (secondary N) is 1. The van der Waals surface area contributed by atoms with Crippen molar-refractivity contribution in [1.82, 2.24) is 15.2 Å². The summed E-state index contributed by atoms with van der Waals surface area (Å²) in [6, 6.07) is 2.28. The van der Waals surface area contributed by atoms with Crippen molar-refractivity contribution in [2.75, 3.05) is 0 Å². The van der Waals surface area contributed by atoms with Crippen LogP contribution in [0.25, 0.3) is 0 Å². The number of aromatic nitrogens is 3. The van der Waals surface area contributed by atoms with Crippen LogP contribution in [0.15, 0.2) is 6.33 Å². The molecular weight excluding hydrogens is 140 g/mol. The number of H-pyrrole nitrogens is 1. The van der Waals surface area contributed by atoms with Gasteiger partial charge in [-0.15, -0.1) is 0 Å². The predicted octanol–water partition coefficient (Wildman–Crippen LogP) is 0.750. The third kappa shape index (κ3) is 0.741. The Balaban J connectivity index is 2.34. The predicted molar refractivity (Wildman–Crippen MR) is 37.5 cm³/mol. The van der Waals surface area contributed by atoms with Crippen molar-refractivity contribution in [2.45, 2.75) is 24.7 Å². The Morgan fingerprint density at radius 3 is 2.82 bits per heavy atom. The molecule has 0 aromatic carbocycles. The molecule has 4 nitrogen and oxygen atoms in total. The molecule has 0 amide bonds. The second-order valence-electron chi connectivity index (χ2n) is 2.88. The van der Waals surface area contributed by atoms with Gasteiger partial charge in [0, 0.05) is 0 Å². The van der Waals surface area contributed by atoms with Crippen LogP contribution in [0.4, 0.5) is 0 Å². The molecule has 0 saturated heterocycles. The van der Waals surface area contributed by atoms with Crippen LogP contribution in [0, 0.1) is 11.3 Å². The van der Waals surface area contributed by atoms with Crippen molar-refractivity contribution in [3.05, 3.63) is 12.2 Å². The summed E-state index contributed by atoms with van der Waals surface area (Å²) < 4.78 is 0. The first-order chi connectivity index (χ1) is 5.37. The molecule has 1 aromatic rings. The molecule has 2 rings (SSSR count). The Labute approximate surface area is 64.3 Å². The molecule has 0 bridgehead atoms. The van der Waals surface area contributed by atoms with Crippen LogP contribution in [0.1, 0.15) is 25.1 Å². The van der Waals surface area contributed by atoms with Gasteiger partial charge in [0.2, 0.25) is 0 Å². The minimum Gasteiger partial charge on any atom is -0.262 e. The molecule has 0 unspecified atom stereocenters. The number of nitriles is 1. The van der Waals surface area contributed by atoms with E-state index >= 15 is 0 Å². The van der Waals surface area contributed by atoms with Crippen LogP contribution in [-0.4, -0.2) is 15.2 Å². The van der Waals surface area contributed by atoms with E-state index in [4.69, 9.17) is 5.26 Å². The smallest absolute Gasteiger partial charge is 0.144 e. The minimum absolute atomic E-state index is 0.337. The molecule has 1 aliphatic rings. The highest BCUT2D eigenvalue weighted by atomic mass is 15.2. The van der Waals surface area contributed by atoms with Gasteiger partial charge in [-0.2, -0.15) is 10.4 Å². The van der Waals surface area contributed by atoms with Gasteiger partial charge in [0.1, 0.15) is 17.6 Å². The fourth-order valence-corrected chi connectivity index (χ4v) is 1.37. The molecule has 0 atom stereocenters. The third-order valence-corrected chi connectivity index (χ3v) is 2.29. The van der Waals surface area contributed by atoms with Gasteiger partial charge in [0.25, 0.3) is 0 Å². The molecule has 56 valence electrons. The van der Waals surface area contributed by atoms with Crippen molar-refractivity contribution in [2.24, 2.45) is 0 Å². The Hall–Kier alpha value is -1.37. The molecule has 1 fully saturated rings. The maximum Gasteiger partial charge on any atom is 0.144 e. The first-order valence-corrected chi connectivity index (χ1v) is 3.64. The highest BCUT2D eigenvalue weighted by molar-refractivity contribution is 5.23. The lowest BCUT2D eigenvalue weighted by Gasteiger charge is -2.32. The van der Waals surface area contributed by atoms with Crippen LogP contribution < -0.4 is 0 Å². The zero-order chi connectivity index (χ0) is 7.73. The van der Waals surface area contributed by atoms with E-state index < -0.39 is 0 Å². The highest BCUT2D eigenvalue weighted by Crippen LogP contribution is 2.40. The van der Waals surface area contributed by atoms with Gasteiger partial charge < -0.3 is 0 Å². The fourth-order valence-electron chi connectivity index (χ4n) is 1.37. The van der Waals surface area contributed by atoms with Crippen LogP contribution in [0.5, 0.6) is 0 Å². The largest absolute Gasteiger partial charge is 0.262 e. The zero-order valence-corrected chi connectivity index (χ0v) is 6.04. The number of nitrogens with zero attached hydrogens (tertiary/aromatic N) is 3. The number of hydrogen-bond donors (Lipinski definition) is 1. The quantitative estimate of drug-likeness (QED) is 0.639. The molecule has 1 aliphatic carbocycles. The first kappa shape index (κ1) is 6.35. The van der Waals surface area contributed by atoms with E-state index in [1.54, 1.807) is 0 Å². The Kier molecular flexibility index (Phi) is 1.19. The average molecular weight is 148 g/mol. The summed E-state index contributed by atoms with van der Waals surface area (Å²) in [4.78, 5) is 3.99. The zero-order valence-electron chi connectivity index (χ0n) is 6.04. The van der Waals surface area contributed by atoms with Crippen molar-refractivity contribution < 1.29 is 0 Å². The summed E-state index contributed by atoms with van der Waals surface area (Å²) >= 11 is 0. The monoisotopic (exact) mass is 148 g/mol. The normalized spacial score (nSPS) is 20.3. The number of aromatic amines is 1. The Morgan fingerprint density at radius 2 is 2.45 bits per heavy atom. The lowest BCUT2D eigenvalue weighted by molar-refractivity contribution is 0.308. The second-order valence-corrected chi connectivity index (χ2v) is 2.88. The lowest BCUT2D eigenvalue weighted by Crippen LogP contribution is -2.33. The topological polar surface area (TPSA) is 65.4 Å². The van der Waals surface area contributed by atoms with Crippen LogP contribution in [0.2, 0.25) is 0 Å². The van der Waals surface area contributed by atoms with Crippen molar-refractivity contribution in [1.29, 1.82) is 5.26 Å². The molecule has 1 N–H and O–H groups in total. The maximum absolute atomic E-state index is 8.87. The Bertz CT molecular complexity index is 278. The fraction of sp³-hybridized carbons (Fsp3) is 0.571. The number of rotatable bonds is 1. The standard InChI is InChI=1S/C7H8N4/c8-4-7(2-1-3-7)6-9-5-10-11-6/h5H,1-3H2,(H,9,10,11). The summed E-state index contributed by atoms with van der Waals surface area (Å²) in [5.41, 5.74) is -0.337. The SMILES string of the molecule is N#CC1(c2ncn[nH]2)CCC1. The summed E-state index contributed by atoms with van der Waals surface area (Å²) in [5, 5.41) is 15.3.